The van der Waals surface area contributed by atoms with Crippen LogP contribution in [0.25, 0.3) is 0 Å². The summed E-state index contributed by atoms with van der Waals surface area (Å²) in [5, 5.41) is 1.18. The third-order valence-corrected chi connectivity index (χ3v) is 17.4. The Hall–Kier alpha value is 1.04. The summed E-state index contributed by atoms with van der Waals surface area (Å²) in [6.45, 7) is 15.0. The van der Waals surface area contributed by atoms with Gasteiger partial charge in [0.1, 0.15) is 8.96 Å². The Kier molecular flexibility index (Phi) is 7.28. The van der Waals surface area contributed by atoms with Gasteiger partial charge in [0.25, 0.3) is 0 Å². The molecule has 1 nitrogen and oxygen atoms in total. The summed E-state index contributed by atoms with van der Waals surface area (Å²) >= 11 is 0. The first-order valence-electron chi connectivity index (χ1n) is 6.88. The van der Waals surface area contributed by atoms with E-state index in [0.29, 0.717) is 10.1 Å². The summed E-state index contributed by atoms with van der Waals surface area (Å²) in [5.74, 6) is 0. The Morgan fingerprint density at radius 3 is 1.38 bits per heavy atom. The third kappa shape index (κ3) is 5.59. The Morgan fingerprint density at radius 2 is 1.19 bits per heavy atom. The van der Waals surface area contributed by atoms with Gasteiger partial charge in [-0.05, 0) is 10.1 Å². The molecule has 0 fully saturated rings. The van der Waals surface area contributed by atoms with Gasteiger partial charge in [0.2, 0.25) is 0 Å². The maximum atomic E-state index is 3.18. The van der Waals surface area contributed by atoms with Crippen molar-refractivity contribution in [1.29, 1.82) is 0 Å². The van der Waals surface area contributed by atoms with Crippen LogP contribution in [0.3, 0.4) is 0 Å². The Bertz CT molecular complexity index is 176. The van der Waals surface area contributed by atoms with Gasteiger partial charge in [-0.25, -0.2) is 0 Å². The minimum absolute atomic E-state index is 0.158. The molecule has 0 spiro atoms. The summed E-state index contributed by atoms with van der Waals surface area (Å²) in [6, 6.07) is 0. The summed E-state index contributed by atoms with van der Waals surface area (Å²) < 4.78 is 3.18. The van der Waals surface area contributed by atoms with E-state index >= 15 is 0 Å². The van der Waals surface area contributed by atoms with Gasteiger partial charge in [-0.3, -0.25) is 0 Å². The van der Waals surface area contributed by atoms with E-state index in [-0.39, 0.29) is 19.4 Å². The topological polar surface area (TPSA) is 3.24 Å². The Balaban J connectivity index is 4.97. The number of hydrogen-bond acceptors (Lipinski definition) is 1. The molecule has 0 aliphatic carbocycles. The van der Waals surface area contributed by atoms with Crippen LogP contribution in [-0.2, 0) is 0 Å². The van der Waals surface area contributed by atoms with Crippen LogP contribution >= 0.6 is 0 Å². The minimum Gasteiger partial charge on any atom is -0.380 e. The fourth-order valence-corrected chi connectivity index (χ4v) is 32.6. The van der Waals surface area contributed by atoms with Crippen molar-refractivity contribution in [3.8, 4) is 0 Å². The summed E-state index contributed by atoms with van der Waals surface area (Å²) in [6.07, 6.45) is 0. The minimum atomic E-state index is -0.759. The van der Waals surface area contributed by atoms with Crippen molar-refractivity contribution in [2.75, 3.05) is 0 Å². The molecule has 0 unspecified atom stereocenters. The molecule has 6 heteroatoms. The van der Waals surface area contributed by atoms with Gasteiger partial charge in [0.05, 0.1) is 19.4 Å². The van der Waals surface area contributed by atoms with Crippen LogP contribution in [0.2, 0.25) is 21.4 Å². The highest BCUT2D eigenvalue weighted by Gasteiger charge is 2.39. The summed E-state index contributed by atoms with van der Waals surface area (Å²) in [7, 11) is 2.44. The molecule has 0 aliphatic rings. The zero-order valence-corrected chi connectivity index (χ0v) is 20.8. The highest BCUT2D eigenvalue weighted by Crippen LogP contribution is 2.43. The van der Waals surface area contributed by atoms with E-state index in [1.165, 1.54) is 20.5 Å². The lowest BCUT2D eigenvalue weighted by Gasteiger charge is -2.47. The molecule has 0 bridgehead atoms. The second kappa shape index (κ2) is 6.84. The van der Waals surface area contributed by atoms with E-state index in [0.717, 1.165) is 0 Å². The standard InChI is InChI=1S/C10H33NSi5/c1-9(2,3)16(10(4,5)6)11(14-7-12)15-8-13/h16H,7-8,14-15H2,1-6,12-13H3. The van der Waals surface area contributed by atoms with E-state index in [4.69, 9.17) is 0 Å². The summed E-state index contributed by atoms with van der Waals surface area (Å²) in [4.78, 5) is 0. The van der Waals surface area contributed by atoms with Crippen molar-refractivity contribution in [3.63, 3.8) is 0 Å². The first-order valence-corrected chi connectivity index (χ1v) is 14.6. The molecular weight excluding hydrogens is 275 g/mol. The van der Waals surface area contributed by atoms with E-state index < -0.39 is 8.96 Å². The molecule has 0 N–H and O–H groups in total. The number of rotatable bonds is 5. The second-order valence-corrected chi connectivity index (χ2v) is 25.0. The average molecular weight is 308 g/mol. The van der Waals surface area contributed by atoms with Crippen LogP contribution in [0, 0.1) is 0 Å². The Labute approximate surface area is 115 Å². The van der Waals surface area contributed by atoms with Crippen LogP contribution in [0.4, 0.5) is 0 Å². The molecule has 0 aromatic heterocycles. The lowest BCUT2D eigenvalue weighted by Crippen LogP contribution is -2.54. The van der Waals surface area contributed by atoms with E-state index in [9.17, 15) is 0 Å². The molecule has 0 saturated heterocycles. The van der Waals surface area contributed by atoms with Gasteiger partial charge in [-0.15, -0.1) is 0 Å². The summed E-state index contributed by atoms with van der Waals surface area (Å²) in [5.41, 5.74) is 3.23. The lowest BCUT2D eigenvalue weighted by atomic mass is 10.2. The van der Waals surface area contributed by atoms with E-state index in [2.05, 4.69) is 45.4 Å². The molecule has 0 aromatic rings. The molecule has 0 radical (unpaired) electrons. The molecule has 98 valence electrons. The van der Waals surface area contributed by atoms with Crippen molar-refractivity contribution in [2.45, 2.75) is 63.0 Å². The fourth-order valence-electron chi connectivity index (χ4n) is 3.34. The van der Waals surface area contributed by atoms with E-state index in [1.807, 2.05) is 0 Å². The average Bonchev–Trinajstić information content (AvgIpc) is 1.99. The third-order valence-electron chi connectivity index (χ3n) is 3.03. The fraction of sp³-hybridized carbons (Fsp3) is 1.00. The number of hydrogen-bond donors (Lipinski definition) is 0. The molecule has 0 heterocycles. The van der Waals surface area contributed by atoms with Crippen molar-refractivity contribution in [3.05, 3.63) is 0 Å². The molecule has 0 saturated carbocycles. The molecule has 0 aliphatic heterocycles. The van der Waals surface area contributed by atoms with Crippen LogP contribution in [-0.4, -0.2) is 52.7 Å². The van der Waals surface area contributed by atoms with Gasteiger partial charge in [-0.1, -0.05) is 52.9 Å². The molecule has 0 atom stereocenters. The number of nitrogens with zero attached hydrogens (tertiary/aromatic N) is 1. The van der Waals surface area contributed by atoms with E-state index in [1.54, 1.807) is 11.3 Å². The van der Waals surface area contributed by atoms with Crippen molar-refractivity contribution in [2.24, 2.45) is 0 Å². The predicted octanol–water partition coefficient (Wildman–Crippen LogP) is -0.738. The van der Waals surface area contributed by atoms with Crippen molar-refractivity contribution < 1.29 is 0 Å². The lowest BCUT2D eigenvalue weighted by molar-refractivity contribution is 0.604. The first kappa shape index (κ1) is 17.0. The van der Waals surface area contributed by atoms with Gasteiger partial charge < -0.3 is 3.90 Å². The highest BCUT2D eigenvalue weighted by molar-refractivity contribution is 6.80. The Morgan fingerprint density at radius 1 is 0.875 bits per heavy atom. The molecule has 16 heavy (non-hydrogen) atoms. The zero-order valence-electron chi connectivity index (χ0n) is 12.9. The molecule has 0 aromatic carbocycles. The van der Waals surface area contributed by atoms with Crippen molar-refractivity contribution >= 4 is 48.8 Å². The van der Waals surface area contributed by atoms with Gasteiger partial charge >= 0.3 is 0 Å². The van der Waals surface area contributed by atoms with Gasteiger partial charge in [0.15, 0.2) is 0 Å². The second-order valence-electron chi connectivity index (χ2n) is 7.17. The SMILES string of the molecule is CC(C)(C)[SiH](N([SiH2]C[SiH3])[SiH2]C[SiH3])C(C)(C)C. The largest absolute Gasteiger partial charge is 0.380 e. The molecule has 0 rings (SSSR count). The van der Waals surface area contributed by atoms with Crippen molar-refractivity contribution in [1.82, 2.24) is 3.90 Å². The smallest absolute Gasteiger partial charge is 0.108 e. The maximum absolute atomic E-state index is 3.18. The molecule has 0 amide bonds. The normalized spacial score (nSPS) is 15.8. The van der Waals surface area contributed by atoms with Crippen LogP contribution in [0.15, 0.2) is 0 Å². The maximum Gasteiger partial charge on any atom is 0.108 e. The monoisotopic (exact) mass is 307 g/mol. The van der Waals surface area contributed by atoms with Gasteiger partial charge in [0, 0.05) is 20.5 Å². The first-order chi connectivity index (χ1) is 7.14. The van der Waals surface area contributed by atoms with Crippen LogP contribution < -0.4 is 0 Å². The van der Waals surface area contributed by atoms with Crippen LogP contribution in [0.1, 0.15) is 41.5 Å². The highest BCUT2D eigenvalue weighted by atomic mass is 28.4. The predicted molar refractivity (Wildman–Crippen MR) is 95.0 cm³/mol. The van der Waals surface area contributed by atoms with Crippen LogP contribution in [0.5, 0.6) is 0 Å². The van der Waals surface area contributed by atoms with Gasteiger partial charge in [-0.2, -0.15) is 0 Å². The molecular formula is C10H33NSi5. The quantitative estimate of drug-likeness (QED) is 0.605. The zero-order chi connectivity index (χ0) is 13.0.